The Balaban J connectivity index is 1.36. The van der Waals surface area contributed by atoms with E-state index in [1.54, 1.807) is 0 Å². The summed E-state index contributed by atoms with van der Waals surface area (Å²) in [5.41, 5.74) is 0.556. The maximum atomic E-state index is 11.9. The van der Waals surface area contributed by atoms with Gasteiger partial charge in [0.05, 0.1) is 0 Å². The fraction of sp³-hybridized carbons (Fsp3) is 0.400. The molecule has 0 atom stereocenters. The van der Waals surface area contributed by atoms with E-state index in [0.717, 1.165) is 43.1 Å². The molecule has 1 aliphatic rings. The standard InChI is InChI=1S/C25H30N4O2/c1-25(2,3)31-24(30)27-17-18-11-14-29(15-12-18)22-10-13-26-23(28-22)21-9-8-19-6-4-5-7-20(19)16-21/h4-10,13,16,18H,11-12,14-15,17H2,1-3H3,(H,27,30). The Labute approximate surface area is 183 Å². The number of fused-ring (bicyclic) bond motifs is 1. The molecule has 6 heteroatoms. The third-order valence-electron chi connectivity index (χ3n) is 5.52. The molecule has 31 heavy (non-hydrogen) atoms. The fourth-order valence-corrected chi connectivity index (χ4v) is 3.90. The summed E-state index contributed by atoms with van der Waals surface area (Å²) in [7, 11) is 0. The predicted octanol–water partition coefficient (Wildman–Crippen LogP) is 5.04. The smallest absolute Gasteiger partial charge is 0.407 e. The number of carbonyl (C=O) groups is 1. The lowest BCUT2D eigenvalue weighted by atomic mass is 9.97. The average molecular weight is 419 g/mol. The monoisotopic (exact) mass is 418 g/mol. The van der Waals surface area contributed by atoms with Crippen molar-refractivity contribution in [3.05, 3.63) is 54.7 Å². The van der Waals surface area contributed by atoms with E-state index in [2.05, 4.69) is 45.5 Å². The fourth-order valence-electron chi connectivity index (χ4n) is 3.90. The normalized spacial score (nSPS) is 15.1. The van der Waals surface area contributed by atoms with Crippen LogP contribution in [-0.4, -0.2) is 41.3 Å². The van der Waals surface area contributed by atoms with Gasteiger partial charge in [-0.05, 0) is 62.4 Å². The van der Waals surface area contributed by atoms with Crippen molar-refractivity contribution in [1.29, 1.82) is 0 Å². The van der Waals surface area contributed by atoms with E-state index in [1.165, 1.54) is 10.8 Å². The molecule has 3 aromatic rings. The van der Waals surface area contributed by atoms with Crippen molar-refractivity contribution in [2.45, 2.75) is 39.2 Å². The molecule has 0 saturated carbocycles. The van der Waals surface area contributed by atoms with Crippen LogP contribution in [0.3, 0.4) is 0 Å². The molecular weight excluding hydrogens is 388 g/mol. The summed E-state index contributed by atoms with van der Waals surface area (Å²) in [5, 5.41) is 5.30. The third-order valence-corrected chi connectivity index (χ3v) is 5.52. The zero-order valence-electron chi connectivity index (χ0n) is 18.5. The number of nitrogens with zero attached hydrogens (tertiary/aromatic N) is 3. The SMILES string of the molecule is CC(C)(C)OC(=O)NCC1CCN(c2ccnc(-c3ccc4ccccc4c3)n2)CC1. The van der Waals surface area contributed by atoms with Crippen LogP contribution in [0.1, 0.15) is 33.6 Å². The Morgan fingerprint density at radius 3 is 2.58 bits per heavy atom. The second kappa shape index (κ2) is 8.92. The number of amides is 1. The van der Waals surface area contributed by atoms with Gasteiger partial charge in [-0.1, -0.05) is 36.4 Å². The zero-order chi connectivity index (χ0) is 21.8. The lowest BCUT2D eigenvalue weighted by molar-refractivity contribution is 0.0517. The van der Waals surface area contributed by atoms with Crippen molar-refractivity contribution < 1.29 is 9.53 Å². The molecule has 0 spiro atoms. The summed E-state index contributed by atoms with van der Waals surface area (Å²) in [5.74, 6) is 2.15. The first-order valence-corrected chi connectivity index (χ1v) is 10.9. The first-order chi connectivity index (χ1) is 14.9. The lowest BCUT2D eigenvalue weighted by Crippen LogP contribution is -2.40. The van der Waals surface area contributed by atoms with Crippen molar-refractivity contribution in [3.8, 4) is 11.4 Å². The number of alkyl carbamates (subject to hydrolysis) is 1. The molecule has 0 bridgehead atoms. The second-order valence-corrected chi connectivity index (χ2v) is 9.11. The van der Waals surface area contributed by atoms with Gasteiger partial charge < -0.3 is 15.0 Å². The van der Waals surface area contributed by atoms with Gasteiger partial charge in [0, 0.05) is 31.4 Å². The number of rotatable bonds is 4. The second-order valence-electron chi connectivity index (χ2n) is 9.11. The molecule has 1 saturated heterocycles. The van der Waals surface area contributed by atoms with Crippen LogP contribution in [0.5, 0.6) is 0 Å². The number of carbonyl (C=O) groups excluding carboxylic acids is 1. The number of nitrogens with one attached hydrogen (secondary N) is 1. The summed E-state index contributed by atoms with van der Waals surface area (Å²) in [6.45, 7) is 8.09. The maximum Gasteiger partial charge on any atom is 0.407 e. The van der Waals surface area contributed by atoms with Crippen LogP contribution in [0.25, 0.3) is 22.2 Å². The molecule has 1 fully saturated rings. The molecule has 1 aromatic heterocycles. The van der Waals surface area contributed by atoms with Gasteiger partial charge in [0.2, 0.25) is 0 Å². The molecule has 1 amide bonds. The largest absolute Gasteiger partial charge is 0.444 e. The van der Waals surface area contributed by atoms with E-state index in [4.69, 9.17) is 9.72 Å². The Morgan fingerprint density at radius 2 is 1.84 bits per heavy atom. The van der Waals surface area contributed by atoms with Crippen molar-refractivity contribution in [3.63, 3.8) is 0 Å². The lowest BCUT2D eigenvalue weighted by Gasteiger charge is -2.33. The molecule has 2 aromatic carbocycles. The minimum absolute atomic E-state index is 0.342. The summed E-state index contributed by atoms with van der Waals surface area (Å²) in [6.07, 6.45) is 3.50. The van der Waals surface area contributed by atoms with Crippen molar-refractivity contribution >= 4 is 22.7 Å². The molecule has 2 heterocycles. The van der Waals surface area contributed by atoms with E-state index < -0.39 is 5.60 Å². The summed E-state index contributed by atoms with van der Waals surface area (Å²) >= 11 is 0. The molecule has 1 N–H and O–H groups in total. The van der Waals surface area contributed by atoms with Crippen LogP contribution < -0.4 is 10.2 Å². The minimum Gasteiger partial charge on any atom is -0.444 e. The topological polar surface area (TPSA) is 67.3 Å². The number of hydrogen-bond donors (Lipinski definition) is 1. The molecule has 0 aliphatic carbocycles. The molecule has 0 unspecified atom stereocenters. The first kappa shape index (κ1) is 21.1. The quantitative estimate of drug-likeness (QED) is 0.643. The Morgan fingerprint density at radius 1 is 1.10 bits per heavy atom. The van der Waals surface area contributed by atoms with Crippen LogP contribution in [0, 0.1) is 5.92 Å². The van der Waals surface area contributed by atoms with E-state index in [0.29, 0.717) is 12.5 Å². The Bertz CT molecular complexity index is 1050. The van der Waals surface area contributed by atoms with Gasteiger partial charge in [0.15, 0.2) is 5.82 Å². The van der Waals surface area contributed by atoms with E-state index in [9.17, 15) is 4.79 Å². The van der Waals surface area contributed by atoms with Gasteiger partial charge in [-0.25, -0.2) is 14.8 Å². The summed E-state index contributed by atoms with van der Waals surface area (Å²) < 4.78 is 5.32. The number of aromatic nitrogens is 2. The van der Waals surface area contributed by atoms with E-state index in [1.807, 2.05) is 45.2 Å². The van der Waals surface area contributed by atoms with Gasteiger partial charge in [-0.15, -0.1) is 0 Å². The van der Waals surface area contributed by atoms with Crippen LogP contribution in [-0.2, 0) is 4.74 Å². The highest BCUT2D eigenvalue weighted by atomic mass is 16.6. The van der Waals surface area contributed by atoms with Gasteiger partial charge in [-0.3, -0.25) is 0 Å². The van der Waals surface area contributed by atoms with Crippen LogP contribution in [0.15, 0.2) is 54.7 Å². The average Bonchev–Trinajstić information content (AvgIpc) is 2.77. The maximum absolute atomic E-state index is 11.9. The van der Waals surface area contributed by atoms with Gasteiger partial charge in [-0.2, -0.15) is 0 Å². The highest BCUT2D eigenvalue weighted by Crippen LogP contribution is 2.25. The summed E-state index contributed by atoms with van der Waals surface area (Å²) in [4.78, 5) is 23.5. The van der Waals surface area contributed by atoms with Crippen molar-refractivity contribution in [1.82, 2.24) is 15.3 Å². The molecule has 1 aliphatic heterocycles. The van der Waals surface area contributed by atoms with Gasteiger partial charge >= 0.3 is 6.09 Å². The number of ether oxygens (including phenoxy) is 1. The van der Waals surface area contributed by atoms with Gasteiger partial charge in [0.25, 0.3) is 0 Å². The molecular formula is C25H30N4O2. The van der Waals surface area contributed by atoms with E-state index >= 15 is 0 Å². The third kappa shape index (κ3) is 5.51. The Kier molecular flexibility index (Phi) is 6.07. The summed E-state index contributed by atoms with van der Waals surface area (Å²) in [6, 6.07) is 16.6. The van der Waals surface area contributed by atoms with Crippen molar-refractivity contribution in [2.75, 3.05) is 24.5 Å². The number of anilines is 1. The minimum atomic E-state index is -0.469. The molecule has 162 valence electrons. The molecule has 6 nitrogen and oxygen atoms in total. The predicted molar refractivity (Wildman–Crippen MR) is 124 cm³/mol. The van der Waals surface area contributed by atoms with E-state index in [-0.39, 0.29) is 6.09 Å². The number of hydrogen-bond acceptors (Lipinski definition) is 5. The van der Waals surface area contributed by atoms with Gasteiger partial charge in [0.1, 0.15) is 11.4 Å². The zero-order valence-corrected chi connectivity index (χ0v) is 18.5. The number of benzene rings is 2. The first-order valence-electron chi connectivity index (χ1n) is 10.9. The highest BCUT2D eigenvalue weighted by Gasteiger charge is 2.22. The Hall–Kier alpha value is -3.15. The van der Waals surface area contributed by atoms with Crippen LogP contribution in [0.4, 0.5) is 10.6 Å². The highest BCUT2D eigenvalue weighted by molar-refractivity contribution is 5.86. The molecule has 0 radical (unpaired) electrons. The molecule has 4 rings (SSSR count). The van der Waals surface area contributed by atoms with Crippen molar-refractivity contribution in [2.24, 2.45) is 5.92 Å². The van der Waals surface area contributed by atoms with Crippen LogP contribution >= 0.6 is 0 Å². The van der Waals surface area contributed by atoms with Crippen LogP contribution in [0.2, 0.25) is 0 Å². The number of piperidine rings is 1.